The Balaban J connectivity index is 0. The predicted octanol–water partition coefficient (Wildman–Crippen LogP) is 3.03. The van der Waals surface area contributed by atoms with Crippen molar-refractivity contribution in [3.05, 3.63) is 0 Å². The minimum atomic E-state index is 0.113. The molecule has 0 aromatic carbocycles. The largest absolute Gasteiger partial charge is 0.362 e. The molecule has 0 bridgehead atoms. The molecule has 0 aromatic rings. The fraction of sp³-hybridized carbons (Fsp3) is 0.833. The van der Waals surface area contributed by atoms with Crippen molar-refractivity contribution in [3.63, 3.8) is 0 Å². The van der Waals surface area contributed by atoms with Crippen LogP contribution in [0.1, 0.15) is 66.2 Å². The highest BCUT2D eigenvalue weighted by Gasteiger charge is 2.18. The van der Waals surface area contributed by atoms with Crippen molar-refractivity contribution in [2.45, 2.75) is 66.2 Å². The third kappa shape index (κ3) is 14.0. The lowest BCUT2D eigenvalue weighted by molar-refractivity contribution is -0.129. The van der Waals surface area contributed by atoms with Gasteiger partial charge in [0.15, 0.2) is 0 Å². The molecule has 1 heterocycles. The molecule has 1 aliphatic carbocycles. The van der Waals surface area contributed by atoms with Crippen LogP contribution in [0.5, 0.6) is 0 Å². The van der Waals surface area contributed by atoms with Gasteiger partial charge in [-0.05, 0) is 18.3 Å². The van der Waals surface area contributed by atoms with Gasteiger partial charge in [0.25, 0.3) is 0 Å². The number of rotatable bonds is 3. The molecule has 0 atom stereocenters. The summed E-state index contributed by atoms with van der Waals surface area (Å²) >= 11 is 0. The Hall–Kier alpha value is -1.39. The van der Waals surface area contributed by atoms with E-state index < -0.39 is 0 Å². The zero-order valence-corrected chi connectivity index (χ0v) is 15.6. The second-order valence-corrected chi connectivity index (χ2v) is 5.88. The average Bonchev–Trinajstić information content (AvgIpc) is 2.99. The Morgan fingerprint density at radius 2 is 1.52 bits per heavy atom. The number of carbonyl (C=O) groups is 3. The quantitative estimate of drug-likeness (QED) is 0.810. The normalized spacial score (nSPS) is 22.3. The Bertz CT molecular complexity index is 291. The second-order valence-electron chi connectivity index (χ2n) is 5.88. The number of carbonyl (C=O) groups excluding carboxylic acids is 3. The molecule has 0 unspecified atom stereocenters. The van der Waals surface area contributed by atoms with Gasteiger partial charge in [-0.25, -0.2) is 0 Å². The van der Waals surface area contributed by atoms with Crippen LogP contribution in [0, 0.1) is 11.8 Å². The van der Waals surface area contributed by atoms with Gasteiger partial charge in [-0.1, -0.05) is 53.4 Å². The van der Waals surface area contributed by atoms with Crippen LogP contribution in [0.15, 0.2) is 0 Å². The van der Waals surface area contributed by atoms with Gasteiger partial charge in [0.1, 0.15) is 6.29 Å². The first-order valence-corrected chi connectivity index (χ1v) is 8.87. The van der Waals surface area contributed by atoms with Crippen LogP contribution >= 0.6 is 0 Å². The first-order valence-electron chi connectivity index (χ1n) is 8.87. The van der Waals surface area contributed by atoms with E-state index in [4.69, 9.17) is 4.79 Å². The van der Waals surface area contributed by atoms with E-state index in [1.165, 1.54) is 25.7 Å². The minimum absolute atomic E-state index is 0.113. The molecular formula is C18H36N2O3. The molecule has 1 saturated carbocycles. The fourth-order valence-electron chi connectivity index (χ4n) is 2.41. The highest BCUT2D eigenvalue weighted by Crippen LogP contribution is 2.27. The van der Waals surface area contributed by atoms with Gasteiger partial charge in [0.2, 0.25) is 12.3 Å². The number of nitrogens with one attached hydrogen (secondary N) is 1. The van der Waals surface area contributed by atoms with E-state index in [9.17, 15) is 9.59 Å². The molecule has 5 heteroatoms. The van der Waals surface area contributed by atoms with E-state index >= 15 is 0 Å². The van der Waals surface area contributed by atoms with Crippen molar-refractivity contribution in [1.82, 2.24) is 10.2 Å². The van der Waals surface area contributed by atoms with E-state index in [1.807, 2.05) is 13.8 Å². The molecule has 23 heavy (non-hydrogen) atoms. The molecule has 136 valence electrons. The van der Waals surface area contributed by atoms with Crippen LogP contribution in [-0.2, 0) is 14.4 Å². The van der Waals surface area contributed by atoms with Gasteiger partial charge < -0.3 is 15.0 Å². The van der Waals surface area contributed by atoms with Crippen molar-refractivity contribution >= 4 is 18.6 Å². The maximum atomic E-state index is 10.7. The van der Waals surface area contributed by atoms with Crippen molar-refractivity contribution in [2.75, 3.05) is 20.1 Å². The average molecular weight is 328 g/mol. The van der Waals surface area contributed by atoms with E-state index in [1.54, 1.807) is 11.9 Å². The summed E-state index contributed by atoms with van der Waals surface area (Å²) in [5.74, 6) is 2.15. The smallest absolute Gasteiger partial charge is 0.223 e. The maximum absolute atomic E-state index is 10.7. The third-order valence-corrected chi connectivity index (χ3v) is 3.89. The Kier molecular flexibility index (Phi) is 17.6. The summed E-state index contributed by atoms with van der Waals surface area (Å²) in [6, 6.07) is 0. The van der Waals surface area contributed by atoms with E-state index in [-0.39, 0.29) is 12.5 Å². The summed E-state index contributed by atoms with van der Waals surface area (Å²) in [6.07, 6.45) is 8.81. The predicted molar refractivity (Wildman–Crippen MR) is 95.1 cm³/mol. The number of nitrogens with zero attached hydrogens (tertiary/aromatic N) is 1. The summed E-state index contributed by atoms with van der Waals surface area (Å²) in [7, 11) is 1.56. The van der Waals surface area contributed by atoms with Crippen molar-refractivity contribution in [1.29, 1.82) is 0 Å². The summed E-state index contributed by atoms with van der Waals surface area (Å²) in [6.45, 7) is 9.77. The topological polar surface area (TPSA) is 66.5 Å². The summed E-state index contributed by atoms with van der Waals surface area (Å²) < 4.78 is 0. The van der Waals surface area contributed by atoms with E-state index in [0.717, 1.165) is 31.1 Å². The van der Waals surface area contributed by atoms with Crippen LogP contribution in [0.25, 0.3) is 0 Å². The molecule has 2 rings (SSSR count). The zero-order chi connectivity index (χ0) is 18.1. The standard InChI is InChI=1S/C8H16.C6H9NO2.C2H5NO.C2H6/c1-7-3-5-8(2)6-4-7;8-5-4-7-3-1-2-6(7)9;1-3-2-4;1-2/h7-8H,3-6H2,1-2H3;5H,1-4H2;2H,1H3,(H,3,4);1-2H3. The van der Waals surface area contributed by atoms with Crippen molar-refractivity contribution in [3.8, 4) is 0 Å². The van der Waals surface area contributed by atoms with Crippen LogP contribution in [0.3, 0.4) is 0 Å². The van der Waals surface area contributed by atoms with Gasteiger partial charge in [-0.15, -0.1) is 0 Å². The van der Waals surface area contributed by atoms with Crippen LogP contribution in [-0.4, -0.2) is 43.6 Å². The van der Waals surface area contributed by atoms with E-state index in [0.29, 0.717) is 12.8 Å². The van der Waals surface area contributed by atoms with Crippen molar-refractivity contribution in [2.24, 2.45) is 11.8 Å². The molecule has 2 amide bonds. The third-order valence-electron chi connectivity index (χ3n) is 3.89. The highest BCUT2D eigenvalue weighted by molar-refractivity contribution is 5.80. The van der Waals surface area contributed by atoms with Crippen LogP contribution in [0.2, 0.25) is 0 Å². The lowest BCUT2D eigenvalue weighted by Crippen LogP contribution is -2.26. The molecular weight excluding hydrogens is 292 g/mol. The van der Waals surface area contributed by atoms with Gasteiger partial charge >= 0.3 is 0 Å². The summed E-state index contributed by atoms with van der Waals surface area (Å²) in [4.78, 5) is 31.3. The second kappa shape index (κ2) is 17.0. The van der Waals surface area contributed by atoms with E-state index in [2.05, 4.69) is 19.2 Å². The molecule has 1 aliphatic heterocycles. The lowest BCUT2D eigenvalue weighted by atomic mass is 9.84. The molecule has 0 radical (unpaired) electrons. The number of likely N-dealkylation sites (tertiary alicyclic amines) is 1. The Labute approximate surface area is 142 Å². The van der Waals surface area contributed by atoms with Gasteiger partial charge in [-0.3, -0.25) is 9.59 Å². The molecule has 5 nitrogen and oxygen atoms in total. The first kappa shape index (κ1) is 23.9. The lowest BCUT2D eigenvalue weighted by Gasteiger charge is -2.22. The molecule has 0 aromatic heterocycles. The van der Waals surface area contributed by atoms with Gasteiger partial charge in [0.05, 0.1) is 6.54 Å². The summed E-state index contributed by atoms with van der Waals surface area (Å²) in [5.41, 5.74) is 0. The molecule has 2 aliphatic rings. The zero-order valence-electron chi connectivity index (χ0n) is 15.6. The molecule has 2 fully saturated rings. The number of amides is 2. The Morgan fingerprint density at radius 1 is 1.09 bits per heavy atom. The monoisotopic (exact) mass is 328 g/mol. The van der Waals surface area contributed by atoms with Crippen LogP contribution in [0.4, 0.5) is 0 Å². The molecule has 0 spiro atoms. The highest BCUT2D eigenvalue weighted by atomic mass is 16.2. The molecule has 1 N–H and O–H groups in total. The number of aldehydes is 1. The minimum Gasteiger partial charge on any atom is -0.362 e. The van der Waals surface area contributed by atoms with Crippen LogP contribution < -0.4 is 5.32 Å². The Morgan fingerprint density at radius 3 is 1.78 bits per heavy atom. The van der Waals surface area contributed by atoms with Gasteiger partial charge in [-0.2, -0.15) is 0 Å². The van der Waals surface area contributed by atoms with Crippen molar-refractivity contribution < 1.29 is 14.4 Å². The summed E-state index contributed by atoms with van der Waals surface area (Å²) in [5, 5.41) is 2.25. The first-order chi connectivity index (χ1) is 11.0. The van der Waals surface area contributed by atoms with Gasteiger partial charge in [0, 0.05) is 20.0 Å². The SMILES string of the molecule is CC.CC1CCC(C)CC1.CNC=O.O=CCN1CCCC1=O. The number of hydrogen-bond acceptors (Lipinski definition) is 3. The molecule has 1 saturated heterocycles. The maximum Gasteiger partial charge on any atom is 0.223 e. The fourth-order valence-corrected chi connectivity index (χ4v) is 2.41. The number of hydrogen-bond donors (Lipinski definition) is 1.